The van der Waals surface area contributed by atoms with Gasteiger partial charge in [0.05, 0.1) is 32.6 Å². The fourth-order valence-electron chi connectivity index (χ4n) is 3.05. The Labute approximate surface area is 159 Å². The van der Waals surface area contributed by atoms with Crippen molar-refractivity contribution in [2.45, 2.75) is 31.2 Å². The van der Waals surface area contributed by atoms with Crippen LogP contribution in [0.2, 0.25) is 0 Å². The van der Waals surface area contributed by atoms with Crippen molar-refractivity contribution in [1.29, 1.82) is 0 Å². The zero-order chi connectivity index (χ0) is 18.1. The molecule has 2 saturated heterocycles. The zero-order valence-corrected chi connectivity index (χ0v) is 16.2. The number of rotatable bonds is 8. The van der Waals surface area contributed by atoms with Gasteiger partial charge in [0.15, 0.2) is 11.7 Å². The van der Waals surface area contributed by atoms with Crippen molar-refractivity contribution in [3.63, 3.8) is 0 Å². The fraction of sp³-hybridized carbons (Fsp3) is 0.722. The number of aliphatic imine (C=N–C) groups is 1. The van der Waals surface area contributed by atoms with Crippen LogP contribution < -0.4 is 10.6 Å². The highest BCUT2D eigenvalue weighted by Crippen LogP contribution is 2.33. The monoisotopic (exact) mass is 383 g/mol. The average Bonchev–Trinajstić information content (AvgIpc) is 3.31. The summed E-state index contributed by atoms with van der Waals surface area (Å²) in [4.78, 5) is 4.69. The Morgan fingerprint density at radius 3 is 2.92 bits per heavy atom. The van der Waals surface area contributed by atoms with Gasteiger partial charge >= 0.3 is 0 Å². The van der Waals surface area contributed by atoms with E-state index in [1.54, 1.807) is 18.0 Å². The molecule has 0 radical (unpaired) electrons. The van der Waals surface area contributed by atoms with Gasteiger partial charge in [-0.2, -0.15) is 11.8 Å². The minimum atomic E-state index is -0.447. The molecule has 2 fully saturated rings. The van der Waals surface area contributed by atoms with Crippen molar-refractivity contribution < 1.29 is 18.6 Å². The van der Waals surface area contributed by atoms with E-state index in [1.165, 1.54) is 0 Å². The van der Waals surface area contributed by atoms with Crippen LogP contribution in [0.15, 0.2) is 27.8 Å². The highest BCUT2D eigenvalue weighted by Gasteiger charge is 2.42. The molecule has 26 heavy (non-hydrogen) atoms. The first-order chi connectivity index (χ1) is 12.8. The van der Waals surface area contributed by atoms with Crippen LogP contribution in [0.1, 0.15) is 18.6 Å². The molecular formula is C18H29N3O4S. The van der Waals surface area contributed by atoms with Gasteiger partial charge in [-0.3, -0.25) is 4.99 Å². The quantitative estimate of drug-likeness (QED) is 0.401. The van der Waals surface area contributed by atoms with Gasteiger partial charge in [0.25, 0.3) is 0 Å². The van der Waals surface area contributed by atoms with E-state index in [1.807, 2.05) is 12.1 Å². The Kier molecular flexibility index (Phi) is 7.67. The Morgan fingerprint density at radius 1 is 1.31 bits per heavy atom. The van der Waals surface area contributed by atoms with Crippen molar-refractivity contribution in [2.75, 3.05) is 51.5 Å². The molecule has 8 heteroatoms. The molecule has 0 aliphatic carbocycles. The molecule has 1 unspecified atom stereocenters. The van der Waals surface area contributed by atoms with Gasteiger partial charge in [0.2, 0.25) is 0 Å². The number of hydrogen-bond donors (Lipinski definition) is 2. The molecule has 0 saturated carbocycles. The van der Waals surface area contributed by atoms with E-state index in [0.717, 1.165) is 49.8 Å². The Morgan fingerprint density at radius 2 is 2.15 bits per heavy atom. The van der Waals surface area contributed by atoms with Gasteiger partial charge in [-0.25, -0.2) is 0 Å². The summed E-state index contributed by atoms with van der Waals surface area (Å²) in [5.41, 5.74) is 0. The van der Waals surface area contributed by atoms with E-state index in [2.05, 4.69) is 16.9 Å². The summed E-state index contributed by atoms with van der Waals surface area (Å²) in [5, 5.41) is 6.73. The van der Waals surface area contributed by atoms with Crippen LogP contribution in [0.4, 0.5) is 0 Å². The van der Waals surface area contributed by atoms with Crippen molar-refractivity contribution >= 4 is 17.7 Å². The lowest BCUT2D eigenvalue weighted by Gasteiger charge is -2.31. The highest BCUT2D eigenvalue weighted by atomic mass is 32.2. The number of hydrogen-bond acceptors (Lipinski definition) is 6. The molecule has 2 N–H and O–H groups in total. The van der Waals surface area contributed by atoms with Crippen molar-refractivity contribution in [2.24, 2.45) is 4.99 Å². The molecule has 1 spiro atoms. The molecule has 146 valence electrons. The molecule has 0 bridgehead atoms. The first-order valence-corrected chi connectivity index (χ1v) is 10.6. The van der Waals surface area contributed by atoms with Crippen molar-refractivity contribution in [3.05, 3.63) is 24.2 Å². The van der Waals surface area contributed by atoms with Crippen LogP contribution in [0.5, 0.6) is 0 Å². The molecule has 0 aromatic carbocycles. The van der Waals surface area contributed by atoms with E-state index in [9.17, 15) is 0 Å². The maximum absolute atomic E-state index is 6.15. The fourth-order valence-corrected chi connectivity index (χ4v) is 3.36. The lowest BCUT2D eigenvalue weighted by molar-refractivity contribution is -0.210. The van der Waals surface area contributed by atoms with E-state index < -0.39 is 5.79 Å². The SMILES string of the molecule is CSCCNC(=NCC1COC2(CCOCC2)O1)NCCc1ccco1. The summed E-state index contributed by atoms with van der Waals surface area (Å²) in [6.45, 7) is 4.21. The number of nitrogens with one attached hydrogen (secondary N) is 2. The second kappa shape index (κ2) is 10.2. The predicted molar refractivity (Wildman–Crippen MR) is 103 cm³/mol. The second-order valence-electron chi connectivity index (χ2n) is 6.44. The zero-order valence-electron chi connectivity index (χ0n) is 15.4. The summed E-state index contributed by atoms with van der Waals surface area (Å²) in [6.07, 6.45) is 6.21. The second-order valence-corrected chi connectivity index (χ2v) is 7.42. The molecular weight excluding hydrogens is 354 g/mol. The summed E-state index contributed by atoms with van der Waals surface area (Å²) < 4.78 is 22.8. The maximum Gasteiger partial charge on any atom is 0.191 e. The van der Waals surface area contributed by atoms with Crippen LogP contribution in [0.3, 0.4) is 0 Å². The highest BCUT2D eigenvalue weighted by molar-refractivity contribution is 7.98. The third-order valence-corrected chi connectivity index (χ3v) is 5.08. The van der Waals surface area contributed by atoms with Crippen molar-refractivity contribution in [1.82, 2.24) is 10.6 Å². The Bertz CT molecular complexity index is 547. The van der Waals surface area contributed by atoms with Crippen LogP contribution >= 0.6 is 11.8 Å². The number of ether oxygens (including phenoxy) is 3. The normalized spacial score (nSPS) is 22.7. The van der Waals surface area contributed by atoms with Gasteiger partial charge in [0.1, 0.15) is 11.9 Å². The summed E-state index contributed by atoms with van der Waals surface area (Å²) >= 11 is 1.81. The van der Waals surface area contributed by atoms with E-state index in [0.29, 0.717) is 26.4 Å². The molecule has 7 nitrogen and oxygen atoms in total. The van der Waals surface area contributed by atoms with Crippen LogP contribution in [-0.2, 0) is 20.6 Å². The maximum atomic E-state index is 6.15. The lowest BCUT2D eigenvalue weighted by Crippen LogP contribution is -2.40. The molecule has 3 rings (SSSR count). The number of thioether (sulfide) groups is 1. The van der Waals surface area contributed by atoms with Gasteiger partial charge < -0.3 is 29.3 Å². The molecule has 2 aliphatic heterocycles. The summed E-state index contributed by atoms with van der Waals surface area (Å²) in [7, 11) is 0. The largest absolute Gasteiger partial charge is 0.469 e. The topological polar surface area (TPSA) is 77.3 Å². The average molecular weight is 384 g/mol. The molecule has 2 aliphatic rings. The molecule has 1 aromatic heterocycles. The smallest absolute Gasteiger partial charge is 0.191 e. The minimum absolute atomic E-state index is 0.00248. The van der Waals surface area contributed by atoms with E-state index >= 15 is 0 Å². The Balaban J connectivity index is 1.46. The first-order valence-electron chi connectivity index (χ1n) is 9.23. The van der Waals surface area contributed by atoms with Crippen LogP contribution in [-0.4, -0.2) is 69.3 Å². The van der Waals surface area contributed by atoms with Crippen LogP contribution in [0, 0.1) is 0 Å². The Hall–Kier alpha value is -1.22. The van der Waals surface area contributed by atoms with E-state index in [-0.39, 0.29) is 6.10 Å². The third kappa shape index (κ3) is 5.90. The van der Waals surface area contributed by atoms with E-state index in [4.69, 9.17) is 23.6 Å². The molecule has 1 aromatic rings. The predicted octanol–water partition coefficient (Wildman–Crippen LogP) is 1.64. The number of furan rings is 1. The molecule has 0 amide bonds. The van der Waals surface area contributed by atoms with Gasteiger partial charge in [0, 0.05) is 38.1 Å². The summed E-state index contributed by atoms with van der Waals surface area (Å²) in [5.74, 6) is 2.36. The van der Waals surface area contributed by atoms with Crippen molar-refractivity contribution in [3.8, 4) is 0 Å². The standard InChI is InChI=1S/C18H29N3O4S/c1-26-12-8-20-17(19-7-4-15-3-2-9-23-15)21-13-16-14-24-18(25-16)5-10-22-11-6-18/h2-3,9,16H,4-8,10-14H2,1H3,(H2,19,20,21). The van der Waals surface area contributed by atoms with Gasteiger partial charge in [-0.1, -0.05) is 0 Å². The molecule has 3 heterocycles. The lowest BCUT2D eigenvalue weighted by atomic mass is 10.1. The van der Waals surface area contributed by atoms with Gasteiger partial charge in [-0.15, -0.1) is 0 Å². The number of guanidine groups is 1. The van der Waals surface area contributed by atoms with Crippen LogP contribution in [0.25, 0.3) is 0 Å². The first kappa shape index (κ1) is 19.5. The minimum Gasteiger partial charge on any atom is -0.469 e. The number of nitrogens with zero attached hydrogens (tertiary/aromatic N) is 1. The molecule has 1 atom stereocenters. The summed E-state index contributed by atoms with van der Waals surface area (Å²) in [6, 6.07) is 3.89. The van der Waals surface area contributed by atoms with Gasteiger partial charge in [-0.05, 0) is 18.4 Å². The third-order valence-electron chi connectivity index (χ3n) is 4.46.